The Bertz CT molecular complexity index is 664. The molecule has 0 aromatic heterocycles. The molecule has 1 heterocycles. The lowest BCUT2D eigenvalue weighted by atomic mass is 9.89. The van der Waals surface area contributed by atoms with Crippen LogP contribution in [0.15, 0.2) is 42.5 Å². The molecule has 0 saturated heterocycles. The van der Waals surface area contributed by atoms with Crippen molar-refractivity contribution in [2.24, 2.45) is 5.92 Å². The van der Waals surface area contributed by atoms with Crippen molar-refractivity contribution >= 4 is 5.78 Å². The van der Waals surface area contributed by atoms with Gasteiger partial charge in [0.15, 0.2) is 5.78 Å². The average Bonchev–Trinajstić information content (AvgIpc) is 2.49. The van der Waals surface area contributed by atoms with E-state index >= 15 is 0 Å². The number of fused-ring (bicyclic) bond motifs is 1. The van der Waals surface area contributed by atoms with Crippen molar-refractivity contribution in [1.29, 1.82) is 0 Å². The molecule has 0 radical (unpaired) electrons. The number of aryl methyl sites for hydroxylation is 1. The smallest absolute Gasteiger partial charge is 0.169 e. The molecule has 1 aliphatic heterocycles. The van der Waals surface area contributed by atoms with Crippen molar-refractivity contribution in [3.8, 4) is 5.75 Å². The van der Waals surface area contributed by atoms with Crippen molar-refractivity contribution in [1.82, 2.24) is 0 Å². The molecule has 1 atom stereocenters. The van der Waals surface area contributed by atoms with Crippen LogP contribution >= 0.6 is 0 Å². The fourth-order valence-corrected chi connectivity index (χ4v) is 2.53. The quantitative estimate of drug-likeness (QED) is 0.780. The third kappa shape index (κ3) is 2.31. The van der Waals surface area contributed by atoms with Crippen molar-refractivity contribution in [2.75, 3.05) is 6.61 Å². The molecule has 0 N–H and O–H groups in total. The number of para-hydroxylation sites is 1. The maximum absolute atomic E-state index is 13.3. The van der Waals surface area contributed by atoms with E-state index in [1.807, 2.05) is 24.3 Å². The molecule has 20 heavy (non-hydrogen) atoms. The zero-order valence-corrected chi connectivity index (χ0v) is 11.2. The molecule has 2 nitrogen and oxygen atoms in total. The summed E-state index contributed by atoms with van der Waals surface area (Å²) in [5, 5.41) is 0. The van der Waals surface area contributed by atoms with Crippen molar-refractivity contribution in [2.45, 2.75) is 13.3 Å². The number of carbonyl (C=O) groups is 1. The van der Waals surface area contributed by atoms with Gasteiger partial charge < -0.3 is 4.74 Å². The Hall–Kier alpha value is -2.16. The largest absolute Gasteiger partial charge is 0.493 e. The summed E-state index contributed by atoms with van der Waals surface area (Å²) >= 11 is 0. The van der Waals surface area contributed by atoms with E-state index in [0.717, 1.165) is 11.3 Å². The number of ketones is 1. The highest BCUT2D eigenvalue weighted by Crippen LogP contribution is 2.28. The maximum Gasteiger partial charge on any atom is 0.169 e. The van der Waals surface area contributed by atoms with Gasteiger partial charge in [-0.25, -0.2) is 4.39 Å². The predicted molar refractivity (Wildman–Crippen MR) is 74.6 cm³/mol. The Kier molecular flexibility index (Phi) is 3.26. The van der Waals surface area contributed by atoms with E-state index in [1.165, 1.54) is 6.07 Å². The second kappa shape index (κ2) is 5.08. The number of benzene rings is 2. The van der Waals surface area contributed by atoms with E-state index in [4.69, 9.17) is 4.74 Å². The summed E-state index contributed by atoms with van der Waals surface area (Å²) in [5.41, 5.74) is 2.10. The number of ether oxygens (including phenoxy) is 1. The molecule has 3 rings (SSSR count). The van der Waals surface area contributed by atoms with Gasteiger partial charge in [-0.2, -0.15) is 0 Å². The van der Waals surface area contributed by atoms with Crippen molar-refractivity contribution in [3.63, 3.8) is 0 Å². The highest BCUT2D eigenvalue weighted by molar-refractivity contribution is 5.98. The first-order valence-electron chi connectivity index (χ1n) is 6.66. The van der Waals surface area contributed by atoms with Gasteiger partial charge in [0.05, 0.1) is 12.5 Å². The molecule has 0 fully saturated rings. The van der Waals surface area contributed by atoms with Crippen LogP contribution in [0.4, 0.5) is 4.39 Å². The van der Waals surface area contributed by atoms with Crippen LogP contribution in [0.2, 0.25) is 0 Å². The monoisotopic (exact) mass is 270 g/mol. The maximum atomic E-state index is 13.3. The number of hydrogen-bond acceptors (Lipinski definition) is 2. The summed E-state index contributed by atoms with van der Waals surface area (Å²) in [6, 6.07) is 12.3. The Morgan fingerprint density at radius 2 is 2.05 bits per heavy atom. The zero-order chi connectivity index (χ0) is 14.1. The van der Waals surface area contributed by atoms with Gasteiger partial charge in [-0.1, -0.05) is 18.2 Å². The number of halogens is 1. The molecule has 0 amide bonds. The summed E-state index contributed by atoms with van der Waals surface area (Å²) in [6.07, 6.45) is 0.672. The predicted octanol–water partition coefficient (Wildman–Crippen LogP) is 3.57. The molecule has 2 aromatic carbocycles. The minimum atomic E-state index is -0.285. The number of Topliss-reactive ketones (excluding diaryl/α,β-unsaturated/α-hetero) is 1. The normalized spacial score (nSPS) is 17.2. The number of carbonyl (C=O) groups excluding carboxylic acids is 1. The van der Waals surface area contributed by atoms with Crippen LogP contribution in [0, 0.1) is 18.7 Å². The lowest BCUT2D eigenvalue weighted by molar-refractivity contribution is 0.0855. The molecule has 2 aromatic rings. The second-order valence-electron chi connectivity index (χ2n) is 5.15. The average molecular weight is 270 g/mol. The van der Waals surface area contributed by atoms with Gasteiger partial charge in [0.2, 0.25) is 0 Å². The van der Waals surface area contributed by atoms with Gasteiger partial charge in [0.25, 0.3) is 0 Å². The molecule has 1 aliphatic rings. The van der Waals surface area contributed by atoms with E-state index in [0.29, 0.717) is 24.2 Å². The Morgan fingerprint density at radius 1 is 1.25 bits per heavy atom. The lowest BCUT2D eigenvalue weighted by Crippen LogP contribution is -2.28. The molecule has 0 saturated carbocycles. The van der Waals surface area contributed by atoms with Gasteiger partial charge in [0.1, 0.15) is 11.6 Å². The summed E-state index contributed by atoms with van der Waals surface area (Å²) in [7, 11) is 0. The SMILES string of the molecule is Cc1cc(C(=O)C2COc3ccccc3C2)ccc1F. The molecular formula is C17H15FO2. The van der Waals surface area contributed by atoms with Crippen molar-refractivity contribution < 1.29 is 13.9 Å². The molecule has 0 aliphatic carbocycles. The molecule has 0 bridgehead atoms. The first kappa shape index (κ1) is 12.9. The van der Waals surface area contributed by atoms with E-state index in [2.05, 4.69) is 0 Å². The second-order valence-corrected chi connectivity index (χ2v) is 5.15. The van der Waals surface area contributed by atoms with E-state index in [-0.39, 0.29) is 17.5 Å². The van der Waals surface area contributed by atoms with Gasteiger partial charge in [-0.15, -0.1) is 0 Å². The Balaban J connectivity index is 1.84. The summed E-state index contributed by atoms with van der Waals surface area (Å²) in [4.78, 5) is 12.5. The highest BCUT2D eigenvalue weighted by atomic mass is 19.1. The first-order valence-corrected chi connectivity index (χ1v) is 6.66. The zero-order valence-electron chi connectivity index (χ0n) is 11.2. The standard InChI is InChI=1S/C17H15FO2/c1-11-8-13(6-7-15(11)18)17(19)14-9-12-4-2-3-5-16(12)20-10-14/h2-8,14H,9-10H2,1H3. The Labute approximate surface area is 117 Å². The number of hydrogen-bond donors (Lipinski definition) is 0. The van der Waals surface area contributed by atoms with Crippen LogP contribution in [-0.4, -0.2) is 12.4 Å². The third-order valence-electron chi connectivity index (χ3n) is 3.69. The summed E-state index contributed by atoms with van der Waals surface area (Å²) in [6.45, 7) is 2.05. The minimum absolute atomic E-state index is 0.0163. The fraction of sp³-hybridized carbons (Fsp3) is 0.235. The van der Waals surface area contributed by atoms with Crippen LogP contribution in [-0.2, 0) is 6.42 Å². The van der Waals surface area contributed by atoms with Gasteiger partial charge in [-0.05, 0) is 48.7 Å². The van der Waals surface area contributed by atoms with Crippen LogP contribution in [0.3, 0.4) is 0 Å². The van der Waals surface area contributed by atoms with Crippen LogP contribution in [0.25, 0.3) is 0 Å². The summed E-state index contributed by atoms with van der Waals surface area (Å²) < 4.78 is 18.9. The highest BCUT2D eigenvalue weighted by Gasteiger charge is 2.26. The molecular weight excluding hydrogens is 255 g/mol. The molecule has 3 heteroatoms. The minimum Gasteiger partial charge on any atom is -0.493 e. The van der Waals surface area contributed by atoms with E-state index in [1.54, 1.807) is 19.1 Å². The van der Waals surface area contributed by atoms with Gasteiger partial charge in [-0.3, -0.25) is 4.79 Å². The fourth-order valence-electron chi connectivity index (χ4n) is 2.53. The van der Waals surface area contributed by atoms with Crippen LogP contribution < -0.4 is 4.74 Å². The van der Waals surface area contributed by atoms with Gasteiger partial charge in [0, 0.05) is 5.56 Å². The topological polar surface area (TPSA) is 26.3 Å². The molecule has 102 valence electrons. The van der Waals surface area contributed by atoms with Gasteiger partial charge >= 0.3 is 0 Å². The lowest BCUT2D eigenvalue weighted by Gasteiger charge is -2.24. The van der Waals surface area contributed by atoms with E-state index in [9.17, 15) is 9.18 Å². The number of rotatable bonds is 2. The third-order valence-corrected chi connectivity index (χ3v) is 3.69. The molecule has 0 spiro atoms. The molecule has 1 unspecified atom stereocenters. The Morgan fingerprint density at radius 3 is 2.85 bits per heavy atom. The van der Waals surface area contributed by atoms with E-state index < -0.39 is 0 Å². The van der Waals surface area contributed by atoms with Crippen LogP contribution in [0.1, 0.15) is 21.5 Å². The summed E-state index contributed by atoms with van der Waals surface area (Å²) in [5.74, 6) is 0.385. The van der Waals surface area contributed by atoms with Crippen LogP contribution in [0.5, 0.6) is 5.75 Å². The first-order chi connectivity index (χ1) is 9.65. The van der Waals surface area contributed by atoms with Crippen molar-refractivity contribution in [3.05, 3.63) is 65.0 Å².